The van der Waals surface area contributed by atoms with E-state index in [2.05, 4.69) is 60.7 Å². The fourth-order valence-corrected chi connectivity index (χ4v) is 2.38. The van der Waals surface area contributed by atoms with Crippen LogP contribution >= 0.6 is 12.2 Å². The van der Waals surface area contributed by atoms with Gasteiger partial charge in [0.1, 0.15) is 0 Å². The van der Waals surface area contributed by atoms with Crippen LogP contribution in [0.2, 0.25) is 0 Å². The van der Waals surface area contributed by atoms with Gasteiger partial charge in [-0.15, -0.1) is 0 Å². The molecule has 0 bridgehead atoms. The lowest BCUT2D eigenvalue weighted by Gasteiger charge is -2.10. The van der Waals surface area contributed by atoms with Crippen LogP contribution < -0.4 is 0 Å². The summed E-state index contributed by atoms with van der Waals surface area (Å²) in [4.78, 5) is 0. The molecule has 96 valence electrons. The van der Waals surface area contributed by atoms with Crippen LogP contribution in [0.5, 0.6) is 0 Å². The molecular weight excluding hydrogens is 242 g/mol. The number of H-pyrrole nitrogens is 1. The predicted molar refractivity (Wildman–Crippen MR) is 77.2 cm³/mol. The van der Waals surface area contributed by atoms with E-state index in [1.54, 1.807) is 0 Å². The summed E-state index contributed by atoms with van der Waals surface area (Å²) in [5.74, 6) is 1.47. The summed E-state index contributed by atoms with van der Waals surface area (Å²) in [5, 5.41) is 7.26. The number of hydrogen-bond acceptors (Lipinski definition) is 2. The maximum absolute atomic E-state index is 5.30. The number of nitrogens with zero attached hydrogens (tertiary/aromatic N) is 2. The quantitative estimate of drug-likeness (QED) is 0.851. The highest BCUT2D eigenvalue weighted by Crippen LogP contribution is 2.21. The minimum atomic E-state index is 0.541. The molecule has 3 nitrogen and oxygen atoms in total. The van der Waals surface area contributed by atoms with E-state index in [4.69, 9.17) is 12.2 Å². The van der Waals surface area contributed by atoms with Gasteiger partial charge < -0.3 is 0 Å². The van der Waals surface area contributed by atoms with Crippen molar-refractivity contribution in [1.29, 1.82) is 0 Å². The monoisotopic (exact) mass is 261 g/mol. The third-order valence-corrected chi connectivity index (χ3v) is 3.10. The summed E-state index contributed by atoms with van der Waals surface area (Å²) in [6.45, 7) is 9.45. The van der Waals surface area contributed by atoms with Crippen molar-refractivity contribution in [1.82, 2.24) is 14.8 Å². The van der Waals surface area contributed by atoms with Gasteiger partial charge in [0.25, 0.3) is 0 Å². The van der Waals surface area contributed by atoms with Crippen molar-refractivity contribution in [3.63, 3.8) is 0 Å². The van der Waals surface area contributed by atoms with E-state index in [1.165, 1.54) is 11.1 Å². The van der Waals surface area contributed by atoms with Crippen molar-refractivity contribution in [2.45, 2.75) is 34.2 Å². The first-order chi connectivity index (χ1) is 8.47. The molecule has 0 spiro atoms. The molecule has 2 aromatic rings. The second-order valence-corrected chi connectivity index (χ2v) is 5.62. The summed E-state index contributed by atoms with van der Waals surface area (Å²) < 4.78 is 2.77. The average molecular weight is 261 g/mol. The standard InChI is InChI=1S/C14H19N3S/c1-9(2)8-17-13(15-16-14(17)18)12-6-10(3)5-11(4)7-12/h5-7,9H,8H2,1-4H3,(H,16,18). The summed E-state index contributed by atoms with van der Waals surface area (Å²) in [7, 11) is 0. The molecule has 4 heteroatoms. The Labute approximate surface area is 113 Å². The van der Waals surface area contributed by atoms with Crippen molar-refractivity contribution >= 4 is 12.2 Å². The summed E-state index contributed by atoms with van der Waals surface area (Å²) >= 11 is 5.30. The van der Waals surface area contributed by atoms with E-state index in [-0.39, 0.29) is 0 Å². The van der Waals surface area contributed by atoms with Gasteiger partial charge in [0.05, 0.1) is 0 Å². The molecule has 0 fully saturated rings. The Morgan fingerprint density at radius 1 is 1.22 bits per heavy atom. The molecule has 0 saturated carbocycles. The number of nitrogens with one attached hydrogen (secondary N) is 1. The molecule has 0 amide bonds. The third-order valence-electron chi connectivity index (χ3n) is 2.79. The minimum absolute atomic E-state index is 0.541. The first-order valence-electron chi connectivity index (χ1n) is 6.21. The Balaban J connectivity index is 2.53. The first kappa shape index (κ1) is 13.0. The number of aryl methyl sites for hydroxylation is 2. The molecule has 0 saturated heterocycles. The zero-order chi connectivity index (χ0) is 13.3. The fourth-order valence-electron chi connectivity index (χ4n) is 2.18. The van der Waals surface area contributed by atoms with Crippen LogP contribution in [0.4, 0.5) is 0 Å². The van der Waals surface area contributed by atoms with E-state index in [0.717, 1.165) is 17.9 Å². The Kier molecular flexibility index (Phi) is 3.66. The highest BCUT2D eigenvalue weighted by Gasteiger charge is 2.10. The van der Waals surface area contributed by atoms with Crippen LogP contribution in [0.1, 0.15) is 25.0 Å². The SMILES string of the molecule is Cc1cc(C)cc(-c2n[nH]c(=S)n2CC(C)C)c1. The number of hydrogen-bond donors (Lipinski definition) is 1. The van der Waals surface area contributed by atoms with Gasteiger partial charge in [-0.1, -0.05) is 31.0 Å². The summed E-state index contributed by atoms with van der Waals surface area (Å²) in [6.07, 6.45) is 0. The van der Waals surface area contributed by atoms with Crippen molar-refractivity contribution < 1.29 is 0 Å². The van der Waals surface area contributed by atoms with Crippen LogP contribution in [0, 0.1) is 24.5 Å². The molecular formula is C14H19N3S. The maximum atomic E-state index is 5.30. The molecule has 0 atom stereocenters. The van der Waals surface area contributed by atoms with Gasteiger partial charge in [-0.3, -0.25) is 9.67 Å². The van der Waals surface area contributed by atoms with Crippen LogP contribution in [0.3, 0.4) is 0 Å². The highest BCUT2D eigenvalue weighted by molar-refractivity contribution is 7.71. The molecule has 1 N–H and O–H groups in total. The zero-order valence-corrected chi connectivity index (χ0v) is 12.1. The van der Waals surface area contributed by atoms with Gasteiger partial charge in [0, 0.05) is 12.1 Å². The Bertz CT molecular complexity index is 587. The average Bonchev–Trinajstić information content (AvgIpc) is 2.58. The molecule has 0 radical (unpaired) electrons. The molecule has 18 heavy (non-hydrogen) atoms. The lowest BCUT2D eigenvalue weighted by atomic mass is 10.1. The molecule has 2 rings (SSSR count). The molecule has 1 heterocycles. The van der Waals surface area contributed by atoms with E-state index < -0.39 is 0 Å². The molecule has 0 aliphatic heterocycles. The Morgan fingerprint density at radius 2 is 1.83 bits per heavy atom. The van der Waals surface area contributed by atoms with Crippen molar-refractivity contribution in [3.05, 3.63) is 34.1 Å². The van der Waals surface area contributed by atoms with Gasteiger partial charge in [-0.2, -0.15) is 5.10 Å². The highest BCUT2D eigenvalue weighted by atomic mass is 32.1. The second-order valence-electron chi connectivity index (χ2n) is 5.23. The van der Waals surface area contributed by atoms with E-state index >= 15 is 0 Å². The van der Waals surface area contributed by atoms with Crippen LogP contribution in [0.15, 0.2) is 18.2 Å². The van der Waals surface area contributed by atoms with Gasteiger partial charge in [-0.25, -0.2) is 0 Å². The van der Waals surface area contributed by atoms with Gasteiger partial charge in [0.15, 0.2) is 10.6 Å². The predicted octanol–water partition coefficient (Wildman–Crippen LogP) is 3.88. The zero-order valence-electron chi connectivity index (χ0n) is 11.3. The fraction of sp³-hybridized carbons (Fsp3) is 0.429. The van der Waals surface area contributed by atoms with Gasteiger partial charge >= 0.3 is 0 Å². The smallest absolute Gasteiger partial charge is 0.195 e. The molecule has 0 aliphatic carbocycles. The third kappa shape index (κ3) is 2.70. The Hall–Kier alpha value is -1.42. The topological polar surface area (TPSA) is 33.6 Å². The van der Waals surface area contributed by atoms with E-state index in [0.29, 0.717) is 10.7 Å². The Morgan fingerprint density at radius 3 is 2.39 bits per heavy atom. The van der Waals surface area contributed by atoms with Crippen molar-refractivity contribution in [3.8, 4) is 11.4 Å². The largest absolute Gasteiger partial charge is 0.300 e. The van der Waals surface area contributed by atoms with E-state index in [9.17, 15) is 0 Å². The lowest BCUT2D eigenvalue weighted by Crippen LogP contribution is -2.06. The lowest BCUT2D eigenvalue weighted by molar-refractivity contribution is 0.521. The summed E-state index contributed by atoms with van der Waals surface area (Å²) in [5.41, 5.74) is 3.62. The van der Waals surface area contributed by atoms with Crippen molar-refractivity contribution in [2.24, 2.45) is 5.92 Å². The van der Waals surface area contributed by atoms with Crippen LogP contribution in [-0.4, -0.2) is 14.8 Å². The molecule has 1 aromatic carbocycles. The normalized spacial score (nSPS) is 11.2. The number of benzene rings is 1. The molecule has 1 aromatic heterocycles. The minimum Gasteiger partial charge on any atom is -0.300 e. The van der Waals surface area contributed by atoms with Crippen molar-refractivity contribution in [2.75, 3.05) is 0 Å². The maximum Gasteiger partial charge on any atom is 0.195 e. The number of rotatable bonds is 3. The summed E-state index contributed by atoms with van der Waals surface area (Å²) in [6, 6.07) is 6.46. The first-order valence-corrected chi connectivity index (χ1v) is 6.62. The van der Waals surface area contributed by atoms with Crippen LogP contribution in [-0.2, 0) is 6.54 Å². The van der Waals surface area contributed by atoms with Gasteiger partial charge in [-0.05, 0) is 44.1 Å². The number of aromatic nitrogens is 3. The van der Waals surface area contributed by atoms with Crippen LogP contribution in [0.25, 0.3) is 11.4 Å². The van der Waals surface area contributed by atoms with Gasteiger partial charge in [0.2, 0.25) is 0 Å². The molecule has 0 unspecified atom stereocenters. The van der Waals surface area contributed by atoms with E-state index in [1.807, 2.05) is 0 Å². The molecule has 0 aliphatic rings. The number of aromatic amines is 1. The second kappa shape index (κ2) is 5.06.